The summed E-state index contributed by atoms with van der Waals surface area (Å²) in [4.78, 5) is 25.8. The molecule has 5 nitrogen and oxygen atoms in total. The van der Waals surface area contributed by atoms with Crippen molar-refractivity contribution >= 4 is 11.8 Å². The Balaban J connectivity index is 1.89. The number of nitrogens with one attached hydrogen (secondary N) is 1. The summed E-state index contributed by atoms with van der Waals surface area (Å²) in [6.07, 6.45) is 6.95. The molecule has 1 fully saturated rings. The molecule has 0 radical (unpaired) electrons. The van der Waals surface area contributed by atoms with E-state index in [1.165, 1.54) is 32.6 Å². The maximum absolute atomic E-state index is 12.3. The number of carbonyl (C=O) groups excluding carboxylic acids is 2. The quantitative estimate of drug-likeness (QED) is 0.815. The molecule has 2 rings (SSSR count). The lowest BCUT2D eigenvalue weighted by Crippen LogP contribution is -2.43. The van der Waals surface area contributed by atoms with Crippen molar-refractivity contribution in [2.75, 3.05) is 13.7 Å². The molecule has 0 atom stereocenters. The average Bonchev–Trinajstić information content (AvgIpc) is 2.83. The molecule has 132 valence electrons. The number of ether oxygens (including phenoxy) is 1. The van der Waals surface area contributed by atoms with Crippen molar-refractivity contribution in [2.24, 2.45) is 0 Å². The first-order chi connectivity index (χ1) is 11.6. The smallest absolute Gasteiger partial charge is 0.239 e. The van der Waals surface area contributed by atoms with E-state index in [1.807, 2.05) is 24.3 Å². The number of rotatable bonds is 6. The molecule has 1 aliphatic carbocycles. The Bertz CT molecular complexity index is 534. The van der Waals surface area contributed by atoms with Crippen LogP contribution >= 0.6 is 0 Å². The number of amides is 2. The van der Waals surface area contributed by atoms with Crippen LogP contribution in [0.3, 0.4) is 0 Å². The van der Waals surface area contributed by atoms with Gasteiger partial charge in [0.05, 0.1) is 13.7 Å². The molecule has 1 aliphatic rings. The fraction of sp³-hybridized carbons (Fsp3) is 0.579. The first-order valence-electron chi connectivity index (χ1n) is 8.76. The Hall–Kier alpha value is -2.04. The molecule has 0 bridgehead atoms. The number of hydrogen-bond donors (Lipinski definition) is 1. The second-order valence-corrected chi connectivity index (χ2v) is 6.48. The zero-order chi connectivity index (χ0) is 17.4. The zero-order valence-corrected chi connectivity index (χ0v) is 14.7. The van der Waals surface area contributed by atoms with Crippen LogP contribution < -0.4 is 10.1 Å². The van der Waals surface area contributed by atoms with Gasteiger partial charge in [0.15, 0.2) is 0 Å². The lowest BCUT2D eigenvalue weighted by Gasteiger charge is -2.23. The van der Waals surface area contributed by atoms with Crippen molar-refractivity contribution in [1.82, 2.24) is 10.2 Å². The van der Waals surface area contributed by atoms with E-state index < -0.39 is 0 Å². The van der Waals surface area contributed by atoms with Gasteiger partial charge in [0, 0.05) is 19.5 Å². The SMILES string of the molecule is COc1ccc(CN(CC(=O)NC2CCCCCC2)C(C)=O)cc1. The minimum absolute atomic E-state index is 0.0642. The van der Waals surface area contributed by atoms with Crippen molar-refractivity contribution in [1.29, 1.82) is 0 Å². The largest absolute Gasteiger partial charge is 0.497 e. The number of nitrogens with zero attached hydrogens (tertiary/aromatic N) is 1. The van der Waals surface area contributed by atoms with Gasteiger partial charge < -0.3 is 15.0 Å². The molecule has 1 aromatic carbocycles. The van der Waals surface area contributed by atoms with E-state index in [1.54, 1.807) is 12.0 Å². The van der Waals surface area contributed by atoms with Gasteiger partial charge in [-0.2, -0.15) is 0 Å². The van der Waals surface area contributed by atoms with Crippen LogP contribution in [-0.2, 0) is 16.1 Å². The molecule has 0 spiro atoms. The molecule has 2 amide bonds. The lowest BCUT2D eigenvalue weighted by atomic mass is 10.1. The molecule has 0 saturated heterocycles. The summed E-state index contributed by atoms with van der Waals surface area (Å²) >= 11 is 0. The Labute approximate surface area is 144 Å². The second kappa shape index (κ2) is 9.30. The average molecular weight is 332 g/mol. The van der Waals surface area contributed by atoms with Crippen molar-refractivity contribution in [3.63, 3.8) is 0 Å². The summed E-state index contributed by atoms with van der Waals surface area (Å²) in [7, 11) is 1.62. The predicted molar refractivity (Wildman–Crippen MR) is 93.7 cm³/mol. The minimum Gasteiger partial charge on any atom is -0.497 e. The molecule has 0 heterocycles. The van der Waals surface area contributed by atoms with E-state index in [0.29, 0.717) is 6.54 Å². The number of carbonyl (C=O) groups is 2. The molecule has 1 aromatic rings. The Morgan fingerprint density at radius 1 is 1.12 bits per heavy atom. The summed E-state index contributed by atoms with van der Waals surface area (Å²) in [5.74, 6) is 0.617. The fourth-order valence-electron chi connectivity index (χ4n) is 3.10. The second-order valence-electron chi connectivity index (χ2n) is 6.48. The van der Waals surface area contributed by atoms with Gasteiger partial charge in [-0.15, -0.1) is 0 Å². The number of methoxy groups -OCH3 is 1. The lowest BCUT2D eigenvalue weighted by molar-refractivity contribution is -0.135. The maximum atomic E-state index is 12.3. The molecule has 1 saturated carbocycles. The van der Waals surface area contributed by atoms with E-state index in [2.05, 4.69) is 5.32 Å². The van der Waals surface area contributed by atoms with Crippen molar-refractivity contribution in [3.05, 3.63) is 29.8 Å². The van der Waals surface area contributed by atoms with Gasteiger partial charge in [-0.3, -0.25) is 9.59 Å². The fourth-order valence-corrected chi connectivity index (χ4v) is 3.10. The minimum atomic E-state index is -0.0955. The maximum Gasteiger partial charge on any atom is 0.239 e. The molecule has 5 heteroatoms. The van der Waals surface area contributed by atoms with Crippen LogP contribution in [0.25, 0.3) is 0 Å². The van der Waals surface area contributed by atoms with Crippen LogP contribution in [0.4, 0.5) is 0 Å². The van der Waals surface area contributed by atoms with Gasteiger partial charge in [0.1, 0.15) is 5.75 Å². The third-order valence-corrected chi connectivity index (χ3v) is 4.53. The van der Waals surface area contributed by atoms with E-state index >= 15 is 0 Å². The highest BCUT2D eigenvalue weighted by atomic mass is 16.5. The standard InChI is InChI=1S/C19H28N2O3/c1-15(22)21(13-16-9-11-18(24-2)12-10-16)14-19(23)20-17-7-5-3-4-6-8-17/h9-12,17H,3-8,13-14H2,1-2H3,(H,20,23). The molecule has 0 unspecified atom stereocenters. The molecule has 0 aromatic heterocycles. The van der Waals surface area contributed by atoms with Crippen molar-refractivity contribution in [3.8, 4) is 5.75 Å². The van der Waals surface area contributed by atoms with Crippen molar-refractivity contribution < 1.29 is 14.3 Å². The summed E-state index contributed by atoms with van der Waals surface area (Å²) in [6, 6.07) is 7.81. The first kappa shape index (κ1) is 18.3. The Kier molecular flexibility index (Phi) is 7.09. The van der Waals surface area contributed by atoms with Crippen LogP contribution in [0.15, 0.2) is 24.3 Å². The summed E-state index contributed by atoms with van der Waals surface area (Å²) in [5, 5.41) is 3.10. The van der Waals surface area contributed by atoms with E-state index in [-0.39, 0.29) is 24.4 Å². The highest BCUT2D eigenvalue weighted by Gasteiger charge is 2.18. The van der Waals surface area contributed by atoms with Gasteiger partial charge >= 0.3 is 0 Å². The van der Waals surface area contributed by atoms with Gasteiger partial charge in [-0.1, -0.05) is 37.8 Å². The van der Waals surface area contributed by atoms with Gasteiger partial charge in [-0.25, -0.2) is 0 Å². The van der Waals surface area contributed by atoms with Gasteiger partial charge in [0.25, 0.3) is 0 Å². The van der Waals surface area contributed by atoms with E-state index in [0.717, 1.165) is 24.2 Å². The summed E-state index contributed by atoms with van der Waals surface area (Å²) in [5.41, 5.74) is 0.980. The topological polar surface area (TPSA) is 58.6 Å². The molecular weight excluding hydrogens is 304 g/mol. The highest BCUT2D eigenvalue weighted by Crippen LogP contribution is 2.17. The Morgan fingerprint density at radius 2 is 1.75 bits per heavy atom. The highest BCUT2D eigenvalue weighted by molar-refractivity contribution is 5.83. The number of hydrogen-bond acceptors (Lipinski definition) is 3. The third kappa shape index (κ3) is 5.87. The van der Waals surface area contributed by atoms with Crippen LogP contribution in [0, 0.1) is 0 Å². The van der Waals surface area contributed by atoms with Crippen LogP contribution in [-0.4, -0.2) is 36.4 Å². The van der Waals surface area contributed by atoms with Crippen molar-refractivity contribution in [2.45, 2.75) is 58.0 Å². The molecule has 24 heavy (non-hydrogen) atoms. The van der Waals surface area contributed by atoms with Crippen LogP contribution in [0.1, 0.15) is 51.0 Å². The molecular formula is C19H28N2O3. The normalized spacial score (nSPS) is 15.4. The Morgan fingerprint density at radius 3 is 2.29 bits per heavy atom. The summed E-state index contributed by atoms with van der Waals surface area (Å²) < 4.78 is 5.14. The number of benzene rings is 1. The molecule has 1 N–H and O–H groups in total. The van der Waals surface area contributed by atoms with Crippen LogP contribution in [0.2, 0.25) is 0 Å². The first-order valence-corrected chi connectivity index (χ1v) is 8.76. The van der Waals surface area contributed by atoms with E-state index in [4.69, 9.17) is 4.74 Å². The van der Waals surface area contributed by atoms with Gasteiger partial charge in [0.2, 0.25) is 11.8 Å². The van der Waals surface area contributed by atoms with E-state index in [9.17, 15) is 9.59 Å². The summed E-state index contributed by atoms with van der Waals surface area (Å²) in [6.45, 7) is 2.04. The predicted octanol–water partition coefficient (Wildman–Crippen LogP) is 2.88. The third-order valence-electron chi connectivity index (χ3n) is 4.53. The zero-order valence-electron chi connectivity index (χ0n) is 14.7. The van der Waals surface area contributed by atoms with Gasteiger partial charge in [-0.05, 0) is 30.5 Å². The van der Waals surface area contributed by atoms with Crippen LogP contribution in [0.5, 0.6) is 5.75 Å². The molecule has 0 aliphatic heterocycles. The monoisotopic (exact) mass is 332 g/mol.